The zero-order valence-corrected chi connectivity index (χ0v) is 8.65. The fourth-order valence-corrected chi connectivity index (χ4v) is 1.25. The van der Waals surface area contributed by atoms with Crippen molar-refractivity contribution in [3.63, 3.8) is 0 Å². The van der Waals surface area contributed by atoms with Crippen molar-refractivity contribution >= 4 is 0 Å². The van der Waals surface area contributed by atoms with Crippen LogP contribution in [0.3, 0.4) is 0 Å². The molecule has 14 heavy (non-hydrogen) atoms. The minimum Gasteiger partial charge on any atom is -0.399 e. The summed E-state index contributed by atoms with van der Waals surface area (Å²) >= 11 is 0. The summed E-state index contributed by atoms with van der Waals surface area (Å²) in [6.07, 6.45) is 9.73. The maximum Gasteiger partial charge on any atom is 0.0642 e. The molecule has 0 aromatic heterocycles. The molecular weight excluding hydrogens is 176 g/mol. The lowest BCUT2D eigenvalue weighted by molar-refractivity contribution is 0.0594. The zero-order valence-electron chi connectivity index (χ0n) is 8.65. The van der Waals surface area contributed by atoms with Crippen LogP contribution in [0.5, 0.6) is 0 Å². The van der Waals surface area contributed by atoms with Gasteiger partial charge in [0.05, 0.1) is 13.2 Å². The molecule has 1 rings (SSSR count). The second kappa shape index (κ2) is 6.27. The fourth-order valence-electron chi connectivity index (χ4n) is 1.25. The number of ether oxygens (including phenoxy) is 1. The van der Waals surface area contributed by atoms with Crippen LogP contribution in [0.4, 0.5) is 0 Å². The molecule has 3 heteroatoms. The van der Waals surface area contributed by atoms with E-state index in [2.05, 4.69) is 11.1 Å². The summed E-state index contributed by atoms with van der Waals surface area (Å²) in [6.45, 7) is 5.52. The predicted octanol–water partition coefficient (Wildman–Crippen LogP) is 1.25. The lowest BCUT2D eigenvalue weighted by Crippen LogP contribution is -2.31. The van der Waals surface area contributed by atoms with Crippen LogP contribution < -0.4 is 5.73 Å². The van der Waals surface area contributed by atoms with Crippen molar-refractivity contribution in [2.75, 3.05) is 26.3 Å². The van der Waals surface area contributed by atoms with Crippen molar-refractivity contribution in [1.82, 2.24) is 4.90 Å². The average Bonchev–Trinajstić information content (AvgIpc) is 2.20. The molecule has 78 valence electrons. The Morgan fingerprint density at radius 2 is 2.07 bits per heavy atom. The van der Waals surface area contributed by atoms with E-state index in [9.17, 15) is 0 Å². The summed E-state index contributed by atoms with van der Waals surface area (Å²) in [6, 6.07) is 0. The molecule has 0 saturated carbocycles. The third kappa shape index (κ3) is 4.14. The Hall–Kier alpha value is -1.22. The molecule has 0 aromatic carbocycles. The van der Waals surface area contributed by atoms with E-state index in [1.807, 2.05) is 31.2 Å². The van der Waals surface area contributed by atoms with Crippen LogP contribution in [0.1, 0.15) is 6.92 Å². The molecule has 0 atom stereocenters. The topological polar surface area (TPSA) is 38.5 Å². The number of nitrogens with zero attached hydrogens (tertiary/aromatic N) is 1. The summed E-state index contributed by atoms with van der Waals surface area (Å²) in [5.41, 5.74) is 6.45. The maximum atomic E-state index is 5.68. The van der Waals surface area contributed by atoms with E-state index < -0.39 is 0 Å². The fraction of sp³-hybridized carbons (Fsp3) is 0.455. The van der Waals surface area contributed by atoms with Gasteiger partial charge in [-0.25, -0.2) is 0 Å². The van der Waals surface area contributed by atoms with Gasteiger partial charge in [-0.1, -0.05) is 6.08 Å². The van der Waals surface area contributed by atoms with Gasteiger partial charge in [0, 0.05) is 18.8 Å². The van der Waals surface area contributed by atoms with E-state index in [4.69, 9.17) is 10.5 Å². The monoisotopic (exact) mass is 194 g/mol. The molecule has 1 fully saturated rings. The number of hydrogen-bond acceptors (Lipinski definition) is 3. The smallest absolute Gasteiger partial charge is 0.0642 e. The first kappa shape index (κ1) is 10.9. The Bertz CT molecular complexity index is 238. The third-order valence-electron chi connectivity index (χ3n) is 1.99. The first-order chi connectivity index (χ1) is 6.83. The van der Waals surface area contributed by atoms with E-state index in [0.717, 1.165) is 32.0 Å². The Labute approximate surface area is 85.5 Å². The summed E-state index contributed by atoms with van der Waals surface area (Å²) in [4.78, 5) is 2.23. The van der Waals surface area contributed by atoms with Crippen LogP contribution in [0.2, 0.25) is 0 Å². The van der Waals surface area contributed by atoms with Crippen molar-refractivity contribution in [3.05, 3.63) is 36.2 Å². The van der Waals surface area contributed by atoms with Crippen LogP contribution in [0.25, 0.3) is 0 Å². The van der Waals surface area contributed by atoms with E-state index in [-0.39, 0.29) is 0 Å². The predicted molar refractivity (Wildman–Crippen MR) is 58.6 cm³/mol. The standard InChI is InChI=1S/C11H18N2O/c1-2-4-11(12)5-3-6-13-7-9-14-10-8-13/h2-6H,7-10,12H2,1H3/b4-2-,6-3+,11-5+. The van der Waals surface area contributed by atoms with Crippen LogP contribution in [0.15, 0.2) is 36.2 Å². The first-order valence-corrected chi connectivity index (χ1v) is 4.91. The zero-order chi connectivity index (χ0) is 10.2. The highest BCUT2D eigenvalue weighted by atomic mass is 16.5. The summed E-state index contributed by atoms with van der Waals surface area (Å²) in [5.74, 6) is 0. The van der Waals surface area contributed by atoms with Crippen LogP contribution in [-0.4, -0.2) is 31.2 Å². The number of nitrogens with two attached hydrogens (primary N) is 1. The number of morpholine rings is 1. The Morgan fingerprint density at radius 1 is 1.36 bits per heavy atom. The normalized spacial score (nSPS) is 19.8. The molecule has 1 aliphatic heterocycles. The van der Waals surface area contributed by atoms with Gasteiger partial charge in [0.1, 0.15) is 0 Å². The highest BCUT2D eigenvalue weighted by Crippen LogP contribution is 1.97. The molecule has 1 saturated heterocycles. The summed E-state index contributed by atoms with van der Waals surface area (Å²) < 4.78 is 5.24. The van der Waals surface area contributed by atoms with Crippen molar-refractivity contribution in [2.45, 2.75) is 6.92 Å². The molecule has 0 radical (unpaired) electrons. The van der Waals surface area contributed by atoms with Gasteiger partial charge >= 0.3 is 0 Å². The first-order valence-electron chi connectivity index (χ1n) is 4.91. The number of allylic oxidation sites excluding steroid dienone is 4. The molecule has 0 bridgehead atoms. The highest BCUT2D eigenvalue weighted by Gasteiger charge is 2.03. The number of hydrogen-bond donors (Lipinski definition) is 1. The summed E-state index contributed by atoms with van der Waals surface area (Å²) in [7, 11) is 0. The average molecular weight is 194 g/mol. The molecule has 0 spiro atoms. The molecule has 1 heterocycles. The minimum atomic E-state index is 0.775. The van der Waals surface area contributed by atoms with Gasteiger partial charge in [-0.2, -0.15) is 0 Å². The molecule has 0 aliphatic carbocycles. The summed E-state index contributed by atoms with van der Waals surface area (Å²) in [5, 5.41) is 0. The lowest BCUT2D eigenvalue weighted by Gasteiger charge is -2.24. The van der Waals surface area contributed by atoms with Gasteiger partial charge in [-0.05, 0) is 31.4 Å². The van der Waals surface area contributed by atoms with Gasteiger partial charge in [0.2, 0.25) is 0 Å². The van der Waals surface area contributed by atoms with Gasteiger partial charge in [0.15, 0.2) is 0 Å². The van der Waals surface area contributed by atoms with E-state index >= 15 is 0 Å². The van der Waals surface area contributed by atoms with E-state index in [0.29, 0.717) is 0 Å². The Balaban J connectivity index is 2.34. The molecular formula is C11H18N2O. The quantitative estimate of drug-likeness (QED) is 0.687. The van der Waals surface area contributed by atoms with Crippen LogP contribution in [-0.2, 0) is 4.74 Å². The molecule has 0 aromatic rings. The third-order valence-corrected chi connectivity index (χ3v) is 1.99. The molecule has 3 nitrogen and oxygen atoms in total. The second-order valence-corrected chi connectivity index (χ2v) is 3.16. The van der Waals surface area contributed by atoms with Gasteiger partial charge in [-0.3, -0.25) is 0 Å². The second-order valence-electron chi connectivity index (χ2n) is 3.16. The molecule has 2 N–H and O–H groups in total. The van der Waals surface area contributed by atoms with Crippen molar-refractivity contribution in [3.8, 4) is 0 Å². The molecule has 0 unspecified atom stereocenters. The van der Waals surface area contributed by atoms with Crippen LogP contribution in [0, 0.1) is 0 Å². The van der Waals surface area contributed by atoms with E-state index in [1.165, 1.54) is 0 Å². The van der Waals surface area contributed by atoms with Gasteiger partial charge < -0.3 is 15.4 Å². The Kier molecular flexibility index (Phi) is 4.86. The van der Waals surface area contributed by atoms with Gasteiger partial charge in [0.25, 0.3) is 0 Å². The van der Waals surface area contributed by atoms with Crippen molar-refractivity contribution in [2.24, 2.45) is 5.73 Å². The minimum absolute atomic E-state index is 0.775. The molecule has 0 amide bonds. The van der Waals surface area contributed by atoms with Crippen molar-refractivity contribution in [1.29, 1.82) is 0 Å². The molecule has 1 aliphatic rings. The largest absolute Gasteiger partial charge is 0.399 e. The Morgan fingerprint density at radius 3 is 2.71 bits per heavy atom. The SMILES string of the molecule is C\C=C/C(N)=C\C=C\N1CCOCC1. The van der Waals surface area contributed by atoms with E-state index in [1.54, 1.807) is 0 Å². The lowest BCUT2D eigenvalue weighted by atomic mass is 10.3. The van der Waals surface area contributed by atoms with Crippen molar-refractivity contribution < 1.29 is 4.74 Å². The maximum absolute atomic E-state index is 5.68. The van der Waals surface area contributed by atoms with Crippen LogP contribution >= 0.6 is 0 Å². The number of rotatable bonds is 3. The van der Waals surface area contributed by atoms with Gasteiger partial charge in [-0.15, -0.1) is 0 Å². The highest BCUT2D eigenvalue weighted by molar-refractivity contribution is 5.19.